The predicted octanol–water partition coefficient (Wildman–Crippen LogP) is 1.88. The van der Waals surface area contributed by atoms with Gasteiger partial charge in [0, 0.05) is 0 Å². The summed E-state index contributed by atoms with van der Waals surface area (Å²) in [5.74, 6) is -1.05. The summed E-state index contributed by atoms with van der Waals surface area (Å²) in [5, 5.41) is 8.64. The van der Waals surface area contributed by atoms with Gasteiger partial charge in [0.25, 0.3) is 0 Å². The van der Waals surface area contributed by atoms with Gasteiger partial charge in [-0.15, -0.1) is 0 Å². The van der Waals surface area contributed by atoms with Crippen molar-refractivity contribution in [1.29, 1.82) is 0 Å². The predicted molar refractivity (Wildman–Crippen MR) is 78.0 cm³/mol. The van der Waals surface area contributed by atoms with Gasteiger partial charge in [-0.25, -0.2) is 4.79 Å². The third-order valence-electron chi connectivity index (χ3n) is 3.81. The molecule has 1 unspecified atom stereocenters. The third-order valence-corrected chi connectivity index (χ3v) is 3.81. The van der Waals surface area contributed by atoms with Crippen LogP contribution in [0.1, 0.15) is 31.7 Å². The zero-order chi connectivity index (χ0) is 15.5. The number of nitrogens with zero attached hydrogens (tertiary/aromatic N) is 1. The van der Waals surface area contributed by atoms with Crippen molar-refractivity contribution < 1.29 is 19.4 Å². The van der Waals surface area contributed by atoms with Crippen molar-refractivity contribution in [2.75, 3.05) is 19.7 Å². The van der Waals surface area contributed by atoms with Crippen LogP contribution in [0.2, 0.25) is 0 Å². The Morgan fingerprint density at radius 3 is 2.48 bits per heavy atom. The number of aliphatic carboxylic acids is 1. The van der Waals surface area contributed by atoms with Gasteiger partial charge in [-0.2, -0.15) is 0 Å². The first-order chi connectivity index (χ1) is 9.95. The van der Waals surface area contributed by atoms with E-state index in [1.165, 1.54) is 0 Å². The molecule has 5 heteroatoms. The Labute approximate surface area is 124 Å². The maximum absolute atomic E-state index is 12.5. The molecule has 0 spiro atoms. The summed E-state index contributed by atoms with van der Waals surface area (Å²) < 4.78 is 5.33. The maximum atomic E-state index is 12.5. The van der Waals surface area contributed by atoms with E-state index in [0.29, 0.717) is 13.1 Å². The Morgan fingerprint density at radius 2 is 1.95 bits per heavy atom. The van der Waals surface area contributed by atoms with Crippen LogP contribution in [0.5, 0.6) is 0 Å². The molecule has 0 aliphatic carbocycles. The van der Waals surface area contributed by atoms with Crippen molar-refractivity contribution >= 4 is 11.9 Å². The van der Waals surface area contributed by atoms with Gasteiger partial charge in [-0.3, -0.25) is 4.79 Å². The van der Waals surface area contributed by atoms with Gasteiger partial charge in [0.1, 0.15) is 12.2 Å². The molecule has 1 aromatic carbocycles. The summed E-state index contributed by atoms with van der Waals surface area (Å²) in [7, 11) is 0. The lowest BCUT2D eigenvalue weighted by Crippen LogP contribution is -2.64. The van der Waals surface area contributed by atoms with Gasteiger partial charge in [0.05, 0.1) is 19.0 Å². The van der Waals surface area contributed by atoms with Crippen molar-refractivity contribution in [2.45, 2.75) is 31.8 Å². The third kappa shape index (κ3) is 3.61. The minimum Gasteiger partial charge on any atom is -0.480 e. The lowest BCUT2D eigenvalue weighted by Gasteiger charge is -2.48. The fourth-order valence-corrected chi connectivity index (χ4v) is 2.70. The molecule has 0 aromatic heterocycles. The van der Waals surface area contributed by atoms with Gasteiger partial charge in [-0.05, 0) is 18.9 Å². The van der Waals surface area contributed by atoms with Crippen LogP contribution >= 0.6 is 0 Å². The fourth-order valence-electron chi connectivity index (χ4n) is 2.70. The molecule has 1 N–H and O–H groups in total. The summed E-state index contributed by atoms with van der Waals surface area (Å²) in [5.41, 5.74) is 0.480. The topological polar surface area (TPSA) is 66.8 Å². The number of rotatable bonds is 6. The quantitative estimate of drug-likeness (QED) is 0.869. The van der Waals surface area contributed by atoms with E-state index in [9.17, 15) is 9.59 Å². The second-order valence-electron chi connectivity index (χ2n) is 5.70. The van der Waals surface area contributed by atoms with Crippen LogP contribution in [0.3, 0.4) is 0 Å². The largest absolute Gasteiger partial charge is 0.480 e. The van der Waals surface area contributed by atoms with Crippen LogP contribution in [-0.4, -0.2) is 47.2 Å². The highest BCUT2D eigenvalue weighted by Gasteiger charge is 2.44. The molecule has 1 aromatic rings. The second kappa shape index (κ2) is 6.26. The van der Waals surface area contributed by atoms with Crippen LogP contribution in [-0.2, 0) is 14.3 Å². The number of carboxylic acids is 1. The number of amides is 1. The molecule has 1 atom stereocenters. The monoisotopic (exact) mass is 291 g/mol. The number of hydrogen-bond donors (Lipinski definition) is 1. The SMILES string of the molecule is CCC(C(=O)N1CC(C)(OCC(=O)O)C1)c1ccccc1. The average molecular weight is 291 g/mol. The summed E-state index contributed by atoms with van der Waals surface area (Å²) in [4.78, 5) is 24.8. The summed E-state index contributed by atoms with van der Waals surface area (Å²) >= 11 is 0. The molecule has 1 aliphatic heterocycles. The van der Waals surface area contributed by atoms with Gasteiger partial charge in [0.2, 0.25) is 5.91 Å². The first-order valence-electron chi connectivity index (χ1n) is 7.14. The van der Waals surface area contributed by atoms with Crippen molar-refractivity contribution in [3.63, 3.8) is 0 Å². The molecule has 1 aliphatic rings. The van der Waals surface area contributed by atoms with Gasteiger partial charge in [-0.1, -0.05) is 37.3 Å². The summed E-state index contributed by atoms with van der Waals surface area (Å²) in [6, 6.07) is 9.72. The molecule has 1 amide bonds. The lowest BCUT2D eigenvalue weighted by molar-refractivity contribution is -0.174. The smallest absolute Gasteiger partial charge is 0.329 e. The molecule has 21 heavy (non-hydrogen) atoms. The van der Waals surface area contributed by atoms with Crippen LogP contribution in [0.25, 0.3) is 0 Å². The zero-order valence-corrected chi connectivity index (χ0v) is 12.4. The van der Waals surface area contributed by atoms with Crippen molar-refractivity contribution in [1.82, 2.24) is 4.90 Å². The Balaban J connectivity index is 1.94. The van der Waals surface area contributed by atoms with Crippen molar-refractivity contribution in [3.05, 3.63) is 35.9 Å². The van der Waals surface area contributed by atoms with E-state index in [2.05, 4.69) is 0 Å². The molecule has 1 fully saturated rings. The Bertz CT molecular complexity index is 508. The highest BCUT2D eigenvalue weighted by Crippen LogP contribution is 2.30. The van der Waals surface area contributed by atoms with Crippen LogP contribution in [0, 0.1) is 0 Å². The van der Waals surface area contributed by atoms with E-state index in [4.69, 9.17) is 9.84 Å². The van der Waals surface area contributed by atoms with Crippen LogP contribution in [0.15, 0.2) is 30.3 Å². The van der Waals surface area contributed by atoms with Gasteiger partial charge < -0.3 is 14.7 Å². The molecule has 0 saturated carbocycles. The van der Waals surface area contributed by atoms with E-state index < -0.39 is 11.6 Å². The van der Waals surface area contributed by atoms with E-state index in [1.54, 1.807) is 4.90 Å². The standard InChI is InChI=1S/C16H21NO4/c1-3-13(12-7-5-4-6-8-12)15(20)17-10-16(2,11-17)21-9-14(18)19/h4-8,13H,3,9-11H2,1-2H3,(H,18,19). The molecule has 0 bridgehead atoms. The summed E-state index contributed by atoms with van der Waals surface area (Å²) in [6.45, 7) is 4.40. The lowest BCUT2D eigenvalue weighted by atomic mass is 9.90. The van der Waals surface area contributed by atoms with Gasteiger partial charge in [0.15, 0.2) is 0 Å². The number of carbonyl (C=O) groups is 2. The van der Waals surface area contributed by atoms with E-state index in [1.807, 2.05) is 44.2 Å². The second-order valence-corrected chi connectivity index (χ2v) is 5.70. The fraction of sp³-hybridized carbons (Fsp3) is 0.500. The molecule has 1 heterocycles. The minimum atomic E-state index is -0.989. The Kier molecular flexibility index (Phi) is 4.63. The summed E-state index contributed by atoms with van der Waals surface area (Å²) in [6.07, 6.45) is 0.742. The highest BCUT2D eigenvalue weighted by molar-refractivity contribution is 5.84. The van der Waals surface area contributed by atoms with E-state index in [-0.39, 0.29) is 18.4 Å². The first-order valence-corrected chi connectivity index (χ1v) is 7.14. The van der Waals surface area contributed by atoms with Crippen molar-refractivity contribution in [3.8, 4) is 0 Å². The molecule has 114 valence electrons. The Hall–Kier alpha value is -1.88. The van der Waals surface area contributed by atoms with E-state index in [0.717, 1.165) is 12.0 Å². The molecular weight excluding hydrogens is 270 g/mol. The number of carbonyl (C=O) groups excluding carboxylic acids is 1. The minimum absolute atomic E-state index is 0.0834. The highest BCUT2D eigenvalue weighted by atomic mass is 16.5. The zero-order valence-electron chi connectivity index (χ0n) is 12.4. The molecule has 2 rings (SSSR count). The number of likely N-dealkylation sites (tertiary alicyclic amines) is 1. The normalized spacial score (nSPS) is 17.9. The molecule has 0 radical (unpaired) electrons. The number of ether oxygens (including phenoxy) is 1. The van der Waals surface area contributed by atoms with E-state index >= 15 is 0 Å². The van der Waals surface area contributed by atoms with Crippen molar-refractivity contribution in [2.24, 2.45) is 0 Å². The average Bonchev–Trinajstić information content (AvgIpc) is 2.44. The van der Waals surface area contributed by atoms with Gasteiger partial charge >= 0.3 is 5.97 Å². The molecule has 1 saturated heterocycles. The van der Waals surface area contributed by atoms with Crippen LogP contribution in [0.4, 0.5) is 0 Å². The Morgan fingerprint density at radius 1 is 1.33 bits per heavy atom. The maximum Gasteiger partial charge on any atom is 0.329 e. The number of carboxylic acid groups (broad SMARTS) is 1. The molecule has 5 nitrogen and oxygen atoms in total. The number of hydrogen-bond acceptors (Lipinski definition) is 3. The van der Waals surface area contributed by atoms with Crippen LogP contribution < -0.4 is 0 Å². The molecular formula is C16H21NO4. The number of benzene rings is 1. The first kappa shape index (κ1) is 15.5.